The third kappa shape index (κ3) is 8.56. The van der Waals surface area contributed by atoms with Crippen LogP contribution in [0.15, 0.2) is 49.0 Å². The Morgan fingerprint density at radius 3 is 1.47 bits per heavy atom. The van der Waals surface area contributed by atoms with Crippen LogP contribution >= 0.6 is 0 Å². The quantitative estimate of drug-likeness (QED) is 0.412. The molecule has 0 aliphatic heterocycles. The number of ether oxygens (including phenoxy) is 1. The molecule has 0 aliphatic carbocycles. The average molecular weight is 234 g/mol. The predicted octanol–water partition coefficient (Wildman–Crippen LogP) is 5.24. The Labute approximate surface area is 107 Å². The number of rotatable bonds is 8. The zero-order chi connectivity index (χ0) is 13.3. The molecule has 0 unspecified atom stereocenters. The van der Waals surface area contributed by atoms with Gasteiger partial charge >= 0.3 is 0 Å². The Bertz CT molecular complexity index is 263. The fraction of sp³-hybridized carbons (Fsp3) is 0.500. The molecule has 0 aromatic rings. The topological polar surface area (TPSA) is 9.23 Å². The van der Waals surface area contributed by atoms with Gasteiger partial charge in [0, 0.05) is 12.8 Å². The molecule has 0 amide bonds. The molecule has 1 heteroatoms. The minimum Gasteiger partial charge on any atom is -0.466 e. The van der Waals surface area contributed by atoms with E-state index in [4.69, 9.17) is 4.74 Å². The largest absolute Gasteiger partial charge is 0.466 e. The zero-order valence-electron chi connectivity index (χ0n) is 11.7. The van der Waals surface area contributed by atoms with Crippen LogP contribution in [0.5, 0.6) is 0 Å². The van der Waals surface area contributed by atoms with Crippen LogP contribution in [0, 0.1) is 11.8 Å². The second kappa shape index (κ2) is 8.86. The van der Waals surface area contributed by atoms with Gasteiger partial charge in [-0.05, 0) is 24.0 Å². The van der Waals surface area contributed by atoms with Gasteiger partial charge < -0.3 is 4.74 Å². The summed E-state index contributed by atoms with van der Waals surface area (Å²) in [5, 5.41) is 0. The van der Waals surface area contributed by atoms with Crippen LogP contribution in [0.25, 0.3) is 0 Å². The van der Waals surface area contributed by atoms with E-state index in [0.717, 1.165) is 24.4 Å². The lowest BCUT2D eigenvalue weighted by molar-refractivity contribution is 0.256. The Morgan fingerprint density at radius 2 is 1.24 bits per heavy atom. The summed E-state index contributed by atoms with van der Waals surface area (Å²) < 4.78 is 5.93. The SMILES string of the molecule is C=CC=C(CC(C)C)OC(=CC=C)CC(C)C. The first-order chi connectivity index (χ1) is 7.99. The second-order valence-electron chi connectivity index (χ2n) is 5.04. The monoisotopic (exact) mass is 234 g/mol. The Balaban J connectivity index is 4.68. The van der Waals surface area contributed by atoms with Gasteiger partial charge in [0.25, 0.3) is 0 Å². The average Bonchev–Trinajstić information content (AvgIpc) is 2.16. The van der Waals surface area contributed by atoms with Crippen LogP contribution < -0.4 is 0 Å². The molecule has 0 N–H and O–H groups in total. The zero-order valence-corrected chi connectivity index (χ0v) is 11.7. The van der Waals surface area contributed by atoms with Crippen LogP contribution in [0.4, 0.5) is 0 Å². The molecular weight excluding hydrogens is 208 g/mol. The number of allylic oxidation sites excluding steroid dienone is 6. The maximum absolute atomic E-state index is 5.93. The molecule has 0 aromatic carbocycles. The van der Waals surface area contributed by atoms with Crippen molar-refractivity contribution in [3.63, 3.8) is 0 Å². The molecule has 0 fully saturated rings. The fourth-order valence-electron chi connectivity index (χ4n) is 1.52. The summed E-state index contributed by atoms with van der Waals surface area (Å²) in [5.74, 6) is 3.10. The first-order valence-electron chi connectivity index (χ1n) is 6.30. The summed E-state index contributed by atoms with van der Waals surface area (Å²) in [6, 6.07) is 0. The molecule has 0 saturated carbocycles. The lowest BCUT2D eigenvalue weighted by Gasteiger charge is -2.16. The van der Waals surface area contributed by atoms with E-state index in [1.54, 1.807) is 12.2 Å². The van der Waals surface area contributed by atoms with E-state index in [1.165, 1.54) is 0 Å². The third-order valence-electron chi connectivity index (χ3n) is 2.09. The van der Waals surface area contributed by atoms with E-state index in [1.807, 2.05) is 12.2 Å². The van der Waals surface area contributed by atoms with Gasteiger partial charge in [0.05, 0.1) is 0 Å². The molecule has 0 saturated heterocycles. The fourth-order valence-corrected chi connectivity index (χ4v) is 1.52. The minimum atomic E-state index is 0.574. The highest BCUT2D eigenvalue weighted by molar-refractivity contribution is 5.12. The maximum atomic E-state index is 5.93. The van der Waals surface area contributed by atoms with Crippen LogP contribution in [-0.2, 0) is 4.74 Å². The highest BCUT2D eigenvalue weighted by Crippen LogP contribution is 2.20. The van der Waals surface area contributed by atoms with E-state index in [0.29, 0.717) is 11.8 Å². The highest BCUT2D eigenvalue weighted by Gasteiger charge is 2.07. The van der Waals surface area contributed by atoms with Crippen LogP contribution in [0.3, 0.4) is 0 Å². The lowest BCUT2D eigenvalue weighted by atomic mass is 10.1. The van der Waals surface area contributed by atoms with E-state index in [9.17, 15) is 0 Å². The van der Waals surface area contributed by atoms with Crippen molar-refractivity contribution >= 4 is 0 Å². The van der Waals surface area contributed by atoms with Crippen molar-refractivity contribution in [2.24, 2.45) is 11.8 Å². The lowest BCUT2D eigenvalue weighted by Crippen LogP contribution is -2.00. The summed E-state index contributed by atoms with van der Waals surface area (Å²) >= 11 is 0. The molecule has 0 atom stereocenters. The maximum Gasteiger partial charge on any atom is 0.104 e. The molecule has 0 aromatic heterocycles. The van der Waals surface area contributed by atoms with Crippen molar-refractivity contribution < 1.29 is 4.74 Å². The van der Waals surface area contributed by atoms with Gasteiger partial charge in [0.15, 0.2) is 0 Å². The van der Waals surface area contributed by atoms with Crippen molar-refractivity contribution in [2.45, 2.75) is 40.5 Å². The Kier molecular flexibility index (Phi) is 8.21. The Morgan fingerprint density at radius 1 is 0.882 bits per heavy atom. The van der Waals surface area contributed by atoms with Crippen molar-refractivity contribution in [1.82, 2.24) is 0 Å². The van der Waals surface area contributed by atoms with Crippen LogP contribution in [-0.4, -0.2) is 0 Å². The predicted molar refractivity (Wildman–Crippen MR) is 76.6 cm³/mol. The highest BCUT2D eigenvalue weighted by atomic mass is 16.5. The summed E-state index contributed by atoms with van der Waals surface area (Å²) in [4.78, 5) is 0. The molecule has 0 radical (unpaired) electrons. The smallest absolute Gasteiger partial charge is 0.104 e. The van der Waals surface area contributed by atoms with Crippen LogP contribution in [0.1, 0.15) is 40.5 Å². The molecule has 0 heterocycles. The molecule has 96 valence electrons. The Hall–Kier alpha value is -1.24. The van der Waals surface area contributed by atoms with Gasteiger partial charge in [-0.2, -0.15) is 0 Å². The first kappa shape index (κ1) is 15.8. The van der Waals surface area contributed by atoms with Crippen molar-refractivity contribution in [3.8, 4) is 0 Å². The summed E-state index contributed by atoms with van der Waals surface area (Å²) in [5.41, 5.74) is 0. The molecule has 0 bridgehead atoms. The molecule has 0 aliphatic rings. The van der Waals surface area contributed by atoms with E-state index in [2.05, 4.69) is 40.9 Å². The van der Waals surface area contributed by atoms with Gasteiger partial charge in [-0.15, -0.1) is 0 Å². The van der Waals surface area contributed by atoms with E-state index in [-0.39, 0.29) is 0 Å². The van der Waals surface area contributed by atoms with Gasteiger partial charge in [-0.25, -0.2) is 0 Å². The molecule has 0 spiro atoms. The molecule has 0 rings (SSSR count). The van der Waals surface area contributed by atoms with Gasteiger partial charge in [0.1, 0.15) is 11.5 Å². The van der Waals surface area contributed by atoms with Crippen molar-refractivity contribution in [2.75, 3.05) is 0 Å². The van der Waals surface area contributed by atoms with Gasteiger partial charge in [0.2, 0.25) is 0 Å². The molecular formula is C16H26O. The second-order valence-corrected chi connectivity index (χ2v) is 5.04. The molecule has 1 nitrogen and oxygen atoms in total. The molecule has 17 heavy (non-hydrogen) atoms. The third-order valence-corrected chi connectivity index (χ3v) is 2.09. The summed E-state index contributed by atoms with van der Waals surface area (Å²) in [6.07, 6.45) is 9.29. The van der Waals surface area contributed by atoms with Crippen molar-refractivity contribution in [3.05, 3.63) is 49.0 Å². The van der Waals surface area contributed by atoms with Gasteiger partial charge in [-0.1, -0.05) is 53.0 Å². The van der Waals surface area contributed by atoms with Crippen molar-refractivity contribution in [1.29, 1.82) is 0 Å². The number of hydrogen-bond acceptors (Lipinski definition) is 1. The normalized spacial score (nSPS) is 13.1. The minimum absolute atomic E-state index is 0.574. The summed E-state index contributed by atoms with van der Waals surface area (Å²) in [6.45, 7) is 16.2. The first-order valence-corrected chi connectivity index (χ1v) is 6.30. The van der Waals surface area contributed by atoms with E-state index < -0.39 is 0 Å². The number of hydrogen-bond donors (Lipinski definition) is 0. The van der Waals surface area contributed by atoms with Gasteiger partial charge in [-0.3, -0.25) is 0 Å². The summed E-state index contributed by atoms with van der Waals surface area (Å²) in [7, 11) is 0. The van der Waals surface area contributed by atoms with E-state index >= 15 is 0 Å². The standard InChI is InChI=1S/C16H26O/c1-7-9-15(11-13(3)4)17-16(10-8-2)12-14(5)6/h7-10,13-14H,1-2,11-12H2,3-6H3. The van der Waals surface area contributed by atoms with Crippen LogP contribution in [0.2, 0.25) is 0 Å².